The molecule has 4 nitrogen and oxygen atoms in total. The molecule has 1 aromatic carbocycles. The minimum Gasteiger partial charge on any atom is -0.493 e. The zero-order valence-corrected chi connectivity index (χ0v) is 11.6. The van der Waals surface area contributed by atoms with Crippen molar-refractivity contribution in [2.75, 3.05) is 13.2 Å². The third-order valence-electron chi connectivity index (χ3n) is 4.44. The van der Waals surface area contributed by atoms with E-state index >= 15 is 0 Å². The minimum atomic E-state index is -0.735. The molecule has 1 fully saturated rings. The number of rotatable bonds is 4. The van der Waals surface area contributed by atoms with Crippen LogP contribution in [0.25, 0.3) is 0 Å². The molecule has 0 spiro atoms. The maximum absolute atomic E-state index is 11.2. The Morgan fingerprint density at radius 1 is 1.25 bits per heavy atom. The van der Waals surface area contributed by atoms with Crippen molar-refractivity contribution in [3.63, 3.8) is 0 Å². The molecule has 4 heteroatoms. The lowest BCUT2D eigenvalue weighted by molar-refractivity contribution is -0.140. The number of benzene rings is 1. The zero-order chi connectivity index (χ0) is 13.9. The number of carboxylic acid groups (broad SMARTS) is 1. The Morgan fingerprint density at radius 2 is 2.00 bits per heavy atom. The molecule has 1 unspecified atom stereocenters. The van der Waals surface area contributed by atoms with Gasteiger partial charge in [0.15, 0.2) is 0 Å². The van der Waals surface area contributed by atoms with Gasteiger partial charge in [0, 0.05) is 24.1 Å². The highest BCUT2D eigenvalue weighted by Gasteiger charge is 2.34. The molecule has 0 amide bonds. The maximum atomic E-state index is 11.2. The van der Waals surface area contributed by atoms with Crippen LogP contribution in [0, 0.1) is 0 Å². The highest BCUT2D eigenvalue weighted by Crippen LogP contribution is 2.39. The number of hydrogen-bond donors (Lipinski definition) is 1. The van der Waals surface area contributed by atoms with Gasteiger partial charge in [0.2, 0.25) is 0 Å². The van der Waals surface area contributed by atoms with Gasteiger partial charge in [-0.25, -0.2) is 0 Å². The van der Waals surface area contributed by atoms with Crippen LogP contribution in [-0.4, -0.2) is 35.2 Å². The summed E-state index contributed by atoms with van der Waals surface area (Å²) in [6.45, 7) is 0.800. The normalized spacial score (nSPS) is 22.6. The van der Waals surface area contributed by atoms with Gasteiger partial charge in [-0.3, -0.25) is 9.69 Å². The fourth-order valence-electron chi connectivity index (χ4n) is 3.55. The van der Waals surface area contributed by atoms with Gasteiger partial charge in [0.1, 0.15) is 5.75 Å². The van der Waals surface area contributed by atoms with Gasteiger partial charge in [-0.1, -0.05) is 31.0 Å². The fourth-order valence-corrected chi connectivity index (χ4v) is 3.55. The molecule has 1 aliphatic carbocycles. The van der Waals surface area contributed by atoms with Crippen molar-refractivity contribution in [1.82, 2.24) is 4.90 Å². The largest absolute Gasteiger partial charge is 0.493 e. The number of carbonyl (C=O) groups is 1. The van der Waals surface area contributed by atoms with Crippen LogP contribution in [0.2, 0.25) is 0 Å². The Kier molecular flexibility index (Phi) is 3.92. The van der Waals surface area contributed by atoms with E-state index in [1.807, 2.05) is 18.2 Å². The van der Waals surface area contributed by atoms with E-state index in [1.54, 1.807) is 0 Å². The predicted molar refractivity (Wildman–Crippen MR) is 75.9 cm³/mol. The van der Waals surface area contributed by atoms with Crippen LogP contribution in [0.1, 0.15) is 43.7 Å². The fraction of sp³-hybridized carbons (Fsp3) is 0.562. The lowest BCUT2D eigenvalue weighted by atomic mass is 9.97. The van der Waals surface area contributed by atoms with E-state index in [0.717, 1.165) is 30.6 Å². The SMILES string of the molecule is O=C(O)CN(C1CCCC1)C1CCOc2ccccc21. The summed E-state index contributed by atoms with van der Waals surface area (Å²) in [4.78, 5) is 13.4. The number of hydrogen-bond acceptors (Lipinski definition) is 3. The molecule has 1 saturated carbocycles. The average Bonchev–Trinajstić information content (AvgIpc) is 2.98. The van der Waals surface area contributed by atoms with Crippen LogP contribution in [-0.2, 0) is 4.79 Å². The van der Waals surface area contributed by atoms with E-state index < -0.39 is 5.97 Å². The Morgan fingerprint density at radius 3 is 2.75 bits per heavy atom. The average molecular weight is 275 g/mol. The van der Waals surface area contributed by atoms with Gasteiger partial charge in [-0.2, -0.15) is 0 Å². The molecule has 1 atom stereocenters. The van der Waals surface area contributed by atoms with Crippen molar-refractivity contribution in [3.05, 3.63) is 29.8 Å². The first-order valence-electron chi connectivity index (χ1n) is 7.45. The van der Waals surface area contributed by atoms with Gasteiger partial charge >= 0.3 is 5.97 Å². The first-order valence-corrected chi connectivity index (χ1v) is 7.45. The third-order valence-corrected chi connectivity index (χ3v) is 4.44. The topological polar surface area (TPSA) is 49.8 Å². The second kappa shape index (κ2) is 5.83. The van der Waals surface area contributed by atoms with E-state index in [1.165, 1.54) is 12.8 Å². The molecule has 0 saturated heterocycles. The van der Waals surface area contributed by atoms with Crippen molar-refractivity contribution in [2.24, 2.45) is 0 Å². The van der Waals surface area contributed by atoms with Gasteiger partial charge < -0.3 is 9.84 Å². The maximum Gasteiger partial charge on any atom is 0.317 e. The van der Waals surface area contributed by atoms with Crippen LogP contribution in [0.5, 0.6) is 5.75 Å². The summed E-state index contributed by atoms with van der Waals surface area (Å²) in [5.41, 5.74) is 1.15. The van der Waals surface area contributed by atoms with Gasteiger partial charge in [0.25, 0.3) is 0 Å². The van der Waals surface area contributed by atoms with Crippen molar-refractivity contribution >= 4 is 5.97 Å². The van der Waals surface area contributed by atoms with Crippen molar-refractivity contribution in [1.29, 1.82) is 0 Å². The Bertz CT molecular complexity index is 482. The monoisotopic (exact) mass is 275 g/mol. The summed E-state index contributed by atoms with van der Waals surface area (Å²) in [5.74, 6) is 0.179. The van der Waals surface area contributed by atoms with E-state index in [0.29, 0.717) is 12.6 Å². The lowest BCUT2D eigenvalue weighted by Crippen LogP contribution is -2.42. The molecular weight excluding hydrogens is 254 g/mol. The summed E-state index contributed by atoms with van der Waals surface area (Å²) in [6, 6.07) is 8.62. The first kappa shape index (κ1) is 13.4. The number of ether oxygens (including phenoxy) is 1. The molecule has 0 bridgehead atoms. The lowest BCUT2D eigenvalue weighted by Gasteiger charge is -2.38. The number of para-hydroxylation sites is 1. The molecule has 108 valence electrons. The van der Waals surface area contributed by atoms with Gasteiger partial charge in [-0.05, 0) is 18.9 Å². The minimum absolute atomic E-state index is 0.129. The Balaban J connectivity index is 1.89. The number of nitrogens with zero attached hydrogens (tertiary/aromatic N) is 1. The van der Waals surface area contributed by atoms with Crippen LogP contribution < -0.4 is 4.74 Å². The quantitative estimate of drug-likeness (QED) is 0.918. The Labute approximate surface area is 119 Å². The van der Waals surface area contributed by atoms with Crippen molar-refractivity contribution < 1.29 is 14.6 Å². The smallest absolute Gasteiger partial charge is 0.317 e. The molecule has 1 aromatic rings. The molecule has 0 aromatic heterocycles. The van der Waals surface area contributed by atoms with E-state index in [9.17, 15) is 9.90 Å². The van der Waals surface area contributed by atoms with Gasteiger partial charge in [-0.15, -0.1) is 0 Å². The molecule has 1 heterocycles. The number of aliphatic carboxylic acids is 1. The van der Waals surface area contributed by atoms with Crippen LogP contribution >= 0.6 is 0 Å². The molecule has 0 radical (unpaired) electrons. The molecular formula is C16H21NO3. The van der Waals surface area contributed by atoms with E-state index in [-0.39, 0.29) is 12.6 Å². The molecule has 20 heavy (non-hydrogen) atoms. The molecule has 2 aliphatic rings. The standard InChI is InChI=1S/C16H21NO3/c18-16(19)11-17(12-5-1-2-6-12)14-9-10-20-15-8-4-3-7-13(14)15/h3-4,7-8,12,14H,1-2,5-6,9-11H2,(H,18,19). The third kappa shape index (κ3) is 2.66. The predicted octanol–water partition coefficient (Wildman–Crippen LogP) is 2.84. The highest BCUT2D eigenvalue weighted by molar-refractivity contribution is 5.69. The van der Waals surface area contributed by atoms with Crippen molar-refractivity contribution in [2.45, 2.75) is 44.2 Å². The van der Waals surface area contributed by atoms with Crippen LogP contribution in [0.4, 0.5) is 0 Å². The summed E-state index contributed by atoms with van der Waals surface area (Å²) in [7, 11) is 0. The Hall–Kier alpha value is -1.55. The zero-order valence-electron chi connectivity index (χ0n) is 11.6. The van der Waals surface area contributed by atoms with Crippen molar-refractivity contribution in [3.8, 4) is 5.75 Å². The van der Waals surface area contributed by atoms with Crippen LogP contribution in [0.3, 0.4) is 0 Å². The van der Waals surface area contributed by atoms with Gasteiger partial charge in [0.05, 0.1) is 13.2 Å². The molecule has 1 aliphatic heterocycles. The summed E-state index contributed by atoms with van der Waals surface area (Å²) >= 11 is 0. The first-order chi connectivity index (χ1) is 9.75. The summed E-state index contributed by atoms with van der Waals surface area (Å²) in [6.07, 6.45) is 5.54. The van der Waals surface area contributed by atoms with Crippen LogP contribution in [0.15, 0.2) is 24.3 Å². The second-order valence-electron chi connectivity index (χ2n) is 5.70. The molecule has 1 N–H and O–H groups in total. The van der Waals surface area contributed by atoms with E-state index in [2.05, 4.69) is 11.0 Å². The second-order valence-corrected chi connectivity index (χ2v) is 5.70. The summed E-state index contributed by atoms with van der Waals surface area (Å²) in [5, 5.41) is 9.25. The number of carboxylic acids is 1. The number of fused-ring (bicyclic) bond motifs is 1. The van der Waals surface area contributed by atoms with E-state index in [4.69, 9.17) is 4.74 Å². The highest BCUT2D eigenvalue weighted by atomic mass is 16.5. The molecule has 3 rings (SSSR count). The summed E-state index contributed by atoms with van der Waals surface area (Å²) < 4.78 is 5.70.